The third-order valence-electron chi connectivity index (χ3n) is 4.79. The number of ether oxygens (including phenoxy) is 2. The van der Waals surface area contributed by atoms with E-state index in [-0.39, 0.29) is 38.0 Å². The first-order chi connectivity index (χ1) is 17.3. The van der Waals surface area contributed by atoms with Gasteiger partial charge in [-0.3, -0.25) is 9.78 Å². The molecule has 2 aromatic carbocycles. The van der Waals surface area contributed by atoms with Crippen LogP contribution in [-0.4, -0.2) is 40.7 Å². The van der Waals surface area contributed by atoms with E-state index < -0.39 is 23.9 Å². The molecule has 1 atom stereocenters. The largest absolute Gasteiger partial charge is 0.480 e. The second-order valence-electron chi connectivity index (χ2n) is 7.69. The van der Waals surface area contributed by atoms with E-state index >= 15 is 0 Å². The van der Waals surface area contributed by atoms with Gasteiger partial charge in [-0.05, 0) is 47.0 Å². The summed E-state index contributed by atoms with van der Waals surface area (Å²) in [4.78, 5) is 39.2. The number of aliphatic carboxylic acids is 1. The van der Waals surface area contributed by atoms with E-state index in [9.17, 15) is 28.3 Å². The lowest BCUT2D eigenvalue weighted by molar-refractivity contribution is -0.141. The first-order valence-electron chi connectivity index (χ1n) is 10.7. The molecular formula is C25H23F2N3O6. The van der Waals surface area contributed by atoms with Crippen molar-refractivity contribution >= 4 is 23.7 Å². The lowest BCUT2D eigenvalue weighted by Crippen LogP contribution is -2.44. The van der Waals surface area contributed by atoms with Crippen LogP contribution in [0, 0.1) is 11.6 Å². The van der Waals surface area contributed by atoms with Crippen molar-refractivity contribution < 1.29 is 37.7 Å². The number of amides is 2. The number of hydrogen-bond acceptors (Lipinski definition) is 6. The summed E-state index contributed by atoms with van der Waals surface area (Å²) in [6.45, 7) is -0.594. The number of aromatic nitrogens is 1. The topological polar surface area (TPSA) is 127 Å². The van der Waals surface area contributed by atoms with Crippen molar-refractivity contribution in [1.82, 2.24) is 10.3 Å². The summed E-state index contributed by atoms with van der Waals surface area (Å²) < 4.78 is 36.4. The molecule has 11 heteroatoms. The summed E-state index contributed by atoms with van der Waals surface area (Å²) in [6, 6.07) is 11.9. The van der Waals surface area contributed by atoms with Crippen molar-refractivity contribution in [3.8, 4) is 0 Å². The Kier molecular flexibility index (Phi) is 9.40. The Hall–Kier alpha value is -4.38. The molecule has 1 aromatic heterocycles. The first kappa shape index (κ1) is 26.2. The molecule has 3 N–H and O–H groups in total. The number of pyridine rings is 1. The smallest absolute Gasteiger partial charge is 0.408 e. The first-order valence-corrected chi connectivity index (χ1v) is 10.7. The number of carbonyl (C=O) groups excluding carboxylic acids is 2. The van der Waals surface area contributed by atoms with Gasteiger partial charge < -0.3 is 25.2 Å². The Balaban J connectivity index is 1.41. The van der Waals surface area contributed by atoms with Crippen LogP contribution in [0.1, 0.15) is 16.7 Å². The number of alkyl carbamates (subject to hydrolysis) is 1. The summed E-state index contributed by atoms with van der Waals surface area (Å²) in [5, 5.41) is 14.2. The second-order valence-corrected chi connectivity index (χ2v) is 7.69. The monoisotopic (exact) mass is 499 g/mol. The van der Waals surface area contributed by atoms with E-state index in [0.717, 1.165) is 6.20 Å². The third kappa shape index (κ3) is 8.76. The van der Waals surface area contributed by atoms with Crippen LogP contribution in [0.2, 0.25) is 0 Å². The molecule has 0 aliphatic heterocycles. The SMILES string of the molecule is O=C(Cc1ccc(F)cc1)Nc1ccc(COC(=O)N[C@@H](COCc2cncc(F)c2)C(=O)O)cc1. The number of anilines is 1. The summed E-state index contributed by atoms with van der Waals surface area (Å²) >= 11 is 0. The number of carbonyl (C=O) groups is 3. The van der Waals surface area contributed by atoms with Crippen LogP contribution < -0.4 is 10.6 Å². The molecule has 0 saturated heterocycles. The summed E-state index contributed by atoms with van der Waals surface area (Å²) in [5.74, 6) is -2.53. The van der Waals surface area contributed by atoms with Crippen LogP contribution in [0.15, 0.2) is 67.0 Å². The maximum atomic E-state index is 13.1. The highest BCUT2D eigenvalue weighted by Crippen LogP contribution is 2.12. The average Bonchev–Trinajstić information content (AvgIpc) is 2.84. The minimum Gasteiger partial charge on any atom is -0.480 e. The van der Waals surface area contributed by atoms with Crippen molar-refractivity contribution in [2.24, 2.45) is 0 Å². The molecule has 3 rings (SSSR count). The van der Waals surface area contributed by atoms with Crippen LogP contribution in [0.3, 0.4) is 0 Å². The van der Waals surface area contributed by atoms with Gasteiger partial charge in [-0.1, -0.05) is 24.3 Å². The standard InChI is InChI=1S/C25H23F2N3O6/c26-19-5-1-16(2-6-19)10-23(31)29-21-7-3-17(4-8-21)14-36-25(34)30-22(24(32)33)15-35-13-18-9-20(27)12-28-11-18/h1-9,11-12,22H,10,13-15H2,(H,29,31)(H,30,34)(H,32,33)/t22-/m0/s1. The zero-order valence-corrected chi connectivity index (χ0v) is 18.9. The molecule has 36 heavy (non-hydrogen) atoms. The van der Waals surface area contributed by atoms with Crippen molar-refractivity contribution in [3.05, 3.63) is 95.3 Å². The lowest BCUT2D eigenvalue weighted by atomic mass is 10.1. The van der Waals surface area contributed by atoms with E-state index in [4.69, 9.17) is 9.47 Å². The molecule has 0 saturated carbocycles. The Bertz CT molecular complexity index is 1190. The van der Waals surface area contributed by atoms with Gasteiger partial charge in [0.15, 0.2) is 6.04 Å². The third-order valence-corrected chi connectivity index (χ3v) is 4.79. The molecule has 0 aliphatic carbocycles. The predicted octanol–water partition coefficient (Wildman–Crippen LogP) is 3.44. The number of hydrogen-bond donors (Lipinski definition) is 3. The van der Waals surface area contributed by atoms with Gasteiger partial charge in [-0.25, -0.2) is 18.4 Å². The van der Waals surface area contributed by atoms with Gasteiger partial charge in [-0.15, -0.1) is 0 Å². The number of nitrogens with zero attached hydrogens (tertiary/aromatic N) is 1. The molecule has 0 unspecified atom stereocenters. The van der Waals surface area contributed by atoms with Gasteiger partial charge >= 0.3 is 12.1 Å². The number of rotatable bonds is 11. The maximum absolute atomic E-state index is 13.1. The van der Waals surface area contributed by atoms with E-state index in [2.05, 4.69) is 15.6 Å². The number of carboxylic acid groups (broad SMARTS) is 1. The van der Waals surface area contributed by atoms with E-state index in [1.165, 1.54) is 36.5 Å². The van der Waals surface area contributed by atoms with Crippen molar-refractivity contribution in [2.45, 2.75) is 25.7 Å². The van der Waals surface area contributed by atoms with Gasteiger partial charge in [0, 0.05) is 11.9 Å². The number of halogens is 2. The minimum atomic E-state index is -1.38. The van der Waals surface area contributed by atoms with E-state index in [1.807, 2.05) is 0 Å². The molecule has 0 radical (unpaired) electrons. The summed E-state index contributed by atoms with van der Waals surface area (Å²) in [6.07, 6.45) is 1.53. The molecular weight excluding hydrogens is 476 g/mol. The van der Waals surface area contributed by atoms with Gasteiger partial charge in [0.05, 0.1) is 25.8 Å². The lowest BCUT2D eigenvalue weighted by Gasteiger charge is -2.15. The minimum absolute atomic E-state index is 0.0822. The number of nitrogens with one attached hydrogen (secondary N) is 2. The number of carboxylic acids is 1. The molecule has 3 aromatic rings. The van der Waals surface area contributed by atoms with Crippen LogP contribution in [0.4, 0.5) is 19.3 Å². The Morgan fingerprint density at radius 3 is 2.25 bits per heavy atom. The van der Waals surface area contributed by atoms with Crippen molar-refractivity contribution in [1.29, 1.82) is 0 Å². The highest BCUT2D eigenvalue weighted by Gasteiger charge is 2.21. The molecule has 2 amide bonds. The Morgan fingerprint density at radius 1 is 0.889 bits per heavy atom. The quantitative estimate of drug-likeness (QED) is 0.369. The molecule has 9 nitrogen and oxygen atoms in total. The average molecular weight is 499 g/mol. The zero-order chi connectivity index (χ0) is 25.9. The normalized spacial score (nSPS) is 11.4. The Morgan fingerprint density at radius 2 is 1.58 bits per heavy atom. The number of benzene rings is 2. The van der Waals surface area contributed by atoms with Gasteiger partial charge in [0.1, 0.15) is 18.2 Å². The fourth-order valence-electron chi connectivity index (χ4n) is 3.01. The predicted molar refractivity (Wildman–Crippen MR) is 124 cm³/mol. The fourth-order valence-corrected chi connectivity index (χ4v) is 3.01. The van der Waals surface area contributed by atoms with E-state index in [0.29, 0.717) is 22.4 Å². The summed E-state index contributed by atoms with van der Waals surface area (Å²) in [5.41, 5.74) is 2.20. The van der Waals surface area contributed by atoms with Crippen LogP contribution >= 0.6 is 0 Å². The fraction of sp³-hybridized carbons (Fsp3) is 0.200. The van der Waals surface area contributed by atoms with Gasteiger partial charge in [0.25, 0.3) is 0 Å². The van der Waals surface area contributed by atoms with Gasteiger partial charge in [-0.2, -0.15) is 0 Å². The molecule has 0 fully saturated rings. The second kappa shape index (κ2) is 12.9. The molecule has 1 heterocycles. The Labute approximate surface area is 205 Å². The van der Waals surface area contributed by atoms with Crippen molar-refractivity contribution in [2.75, 3.05) is 11.9 Å². The molecule has 188 valence electrons. The highest BCUT2D eigenvalue weighted by atomic mass is 19.1. The van der Waals surface area contributed by atoms with Gasteiger partial charge in [0.2, 0.25) is 5.91 Å². The summed E-state index contributed by atoms with van der Waals surface area (Å²) in [7, 11) is 0. The van der Waals surface area contributed by atoms with Crippen LogP contribution in [0.5, 0.6) is 0 Å². The molecule has 0 aliphatic rings. The highest BCUT2D eigenvalue weighted by molar-refractivity contribution is 5.92. The molecule has 0 spiro atoms. The van der Waals surface area contributed by atoms with E-state index in [1.54, 1.807) is 24.3 Å². The van der Waals surface area contributed by atoms with Crippen LogP contribution in [-0.2, 0) is 38.7 Å². The molecule has 0 bridgehead atoms. The van der Waals surface area contributed by atoms with Crippen LogP contribution in [0.25, 0.3) is 0 Å². The van der Waals surface area contributed by atoms with Crippen molar-refractivity contribution in [3.63, 3.8) is 0 Å². The maximum Gasteiger partial charge on any atom is 0.408 e. The zero-order valence-electron chi connectivity index (χ0n) is 18.9.